The van der Waals surface area contributed by atoms with Crippen molar-refractivity contribution >= 4 is 97.7 Å². The van der Waals surface area contributed by atoms with Crippen LogP contribution in [0, 0.1) is 0 Å². The summed E-state index contributed by atoms with van der Waals surface area (Å²) in [5.41, 5.74) is 10.5. The molecule has 16 rings (SSSR count). The number of para-hydroxylation sites is 4. The van der Waals surface area contributed by atoms with Crippen molar-refractivity contribution in [3.8, 4) is 66.8 Å². The molecular formula is C72H42O2. The monoisotopic (exact) mass is 944 g/mol. The lowest BCUT2D eigenvalue weighted by atomic mass is 9.81. The summed E-state index contributed by atoms with van der Waals surface area (Å²) in [5, 5.41) is 10.1. The molecule has 2 heterocycles. The molecule has 342 valence electrons. The average molecular weight is 945 g/mol. The average Bonchev–Trinajstić information content (AvgIpc) is 2.28. The first-order valence-corrected chi connectivity index (χ1v) is 25.0. The van der Waals surface area contributed by atoms with E-state index in [9.17, 15) is 8.22 Å². The highest BCUT2D eigenvalue weighted by atomic mass is 16.3. The fraction of sp³-hybridized carbons (Fsp3) is 0. The molecule has 0 N–H and O–H groups in total. The van der Waals surface area contributed by atoms with Crippen molar-refractivity contribution in [2.75, 3.05) is 0 Å². The first-order valence-electron chi connectivity index (χ1n) is 28.0. The van der Waals surface area contributed by atoms with E-state index in [2.05, 4.69) is 84.9 Å². The van der Waals surface area contributed by atoms with E-state index < -0.39 is 0 Å². The zero-order valence-corrected chi connectivity index (χ0v) is 39.6. The van der Waals surface area contributed by atoms with Crippen molar-refractivity contribution in [3.05, 3.63) is 255 Å². The van der Waals surface area contributed by atoms with Gasteiger partial charge in [0, 0.05) is 32.7 Å². The highest BCUT2D eigenvalue weighted by molar-refractivity contribution is 6.33. The topological polar surface area (TPSA) is 26.3 Å². The SMILES string of the molecule is [2H]c1c(-c2ccc(-c3cccc4ccccc34)cc2)c2c([2H])c([2H])c3c(-c4ccc(-c5cccc6ccccc56)cc4)c([2H])c(-c4cccc5c4oc4ccccc45)c4c([2H])c([2H])c(c1-c1cccc5c1oc1ccccc15)c2c34. The Morgan fingerprint density at radius 2 is 0.541 bits per heavy atom. The van der Waals surface area contributed by atoms with Gasteiger partial charge in [0.25, 0.3) is 0 Å². The van der Waals surface area contributed by atoms with Crippen LogP contribution in [0.5, 0.6) is 0 Å². The predicted octanol–water partition coefficient (Wildman–Crippen LogP) is 20.7. The van der Waals surface area contributed by atoms with Crippen molar-refractivity contribution in [3.63, 3.8) is 0 Å². The Morgan fingerprint density at radius 3 is 0.973 bits per heavy atom. The van der Waals surface area contributed by atoms with E-state index in [1.807, 2.05) is 133 Å². The molecule has 0 spiro atoms. The van der Waals surface area contributed by atoms with Gasteiger partial charge in [-0.2, -0.15) is 0 Å². The van der Waals surface area contributed by atoms with Gasteiger partial charge in [-0.3, -0.25) is 0 Å². The van der Waals surface area contributed by atoms with Crippen molar-refractivity contribution < 1.29 is 17.1 Å². The second-order valence-corrected chi connectivity index (χ2v) is 19.3. The van der Waals surface area contributed by atoms with Gasteiger partial charge in [0.15, 0.2) is 0 Å². The molecule has 0 fully saturated rings. The van der Waals surface area contributed by atoms with Crippen LogP contribution in [0.3, 0.4) is 0 Å². The quantitative estimate of drug-likeness (QED) is 0.155. The zero-order chi connectivity index (χ0) is 53.7. The van der Waals surface area contributed by atoms with Gasteiger partial charge < -0.3 is 8.83 Å². The summed E-state index contributed by atoms with van der Waals surface area (Å²) in [5.74, 6) is 0. The molecule has 0 amide bonds. The minimum absolute atomic E-state index is 0.0419. The molecule has 0 unspecified atom stereocenters. The van der Waals surface area contributed by atoms with E-state index in [-0.39, 0.29) is 36.3 Å². The summed E-state index contributed by atoms with van der Waals surface area (Å²) >= 11 is 0. The molecule has 0 atom stereocenters. The molecule has 0 saturated heterocycles. The predicted molar refractivity (Wildman–Crippen MR) is 312 cm³/mol. The molecule has 2 aromatic heterocycles. The highest BCUT2D eigenvalue weighted by Gasteiger charge is 2.24. The van der Waals surface area contributed by atoms with Gasteiger partial charge in [-0.05, 0) is 134 Å². The van der Waals surface area contributed by atoms with Crippen molar-refractivity contribution in [2.45, 2.75) is 0 Å². The molecule has 0 saturated carbocycles. The maximum absolute atomic E-state index is 10.6. The largest absolute Gasteiger partial charge is 0.455 e. The van der Waals surface area contributed by atoms with Crippen LogP contribution in [0.25, 0.3) is 165 Å². The summed E-state index contributed by atoms with van der Waals surface area (Å²) in [6.45, 7) is 0. The number of benzene rings is 14. The Morgan fingerprint density at radius 1 is 0.230 bits per heavy atom. The Hall–Kier alpha value is -9.76. The first kappa shape index (κ1) is 35.4. The van der Waals surface area contributed by atoms with E-state index in [1.165, 1.54) is 0 Å². The first-order chi connectivity index (χ1) is 39.2. The summed E-state index contributed by atoms with van der Waals surface area (Å²) < 4.78 is 76.2. The third kappa shape index (κ3) is 6.06. The van der Waals surface area contributed by atoms with Gasteiger partial charge in [-0.15, -0.1) is 0 Å². The van der Waals surface area contributed by atoms with Crippen LogP contribution in [0.4, 0.5) is 0 Å². The molecule has 0 aliphatic rings. The fourth-order valence-electron chi connectivity index (χ4n) is 11.8. The zero-order valence-electron chi connectivity index (χ0n) is 45.6. The molecule has 14 aromatic carbocycles. The van der Waals surface area contributed by atoms with Crippen molar-refractivity contribution in [2.24, 2.45) is 0 Å². The lowest BCUT2D eigenvalue weighted by Crippen LogP contribution is -1.95. The summed E-state index contributed by atoms with van der Waals surface area (Å²) in [6.07, 6.45) is 0. The van der Waals surface area contributed by atoms with E-state index in [4.69, 9.17) is 8.83 Å². The third-order valence-corrected chi connectivity index (χ3v) is 15.3. The van der Waals surface area contributed by atoms with Crippen LogP contribution in [0.15, 0.2) is 263 Å². The number of hydrogen-bond acceptors (Lipinski definition) is 2. The highest BCUT2D eigenvalue weighted by Crippen LogP contribution is 2.51. The van der Waals surface area contributed by atoms with Gasteiger partial charge in [-0.25, -0.2) is 0 Å². The fourth-order valence-corrected chi connectivity index (χ4v) is 11.8. The Bertz CT molecular complexity index is 4960. The molecule has 2 heteroatoms. The molecule has 0 aliphatic carbocycles. The van der Waals surface area contributed by atoms with Gasteiger partial charge in [0.05, 0.1) is 8.22 Å². The number of fused-ring (bicyclic) bond motifs is 8. The molecule has 2 nitrogen and oxygen atoms in total. The second-order valence-electron chi connectivity index (χ2n) is 19.3. The van der Waals surface area contributed by atoms with Crippen LogP contribution in [0.2, 0.25) is 0 Å². The standard InChI is InChI=1S/C72H42O2/c1-3-17-49-43(13-1)15-9-21-51(49)45-29-33-47(34-30-45)63-41-65(61-25-11-23-59-53-19-5-7-27-67(53)73-71(59)61)57-39-40-58-66(62-26-12-24-60-54-20-6-8-28-68(54)74-72(60)62)42-64(56-38-37-55(63)69(57)70(56)58)48-35-31-46(32-36-48)52-22-10-16-44-14-2-4-18-50(44)52/h1-42H/i37D,38D,39D,40D,41D,42D. The van der Waals surface area contributed by atoms with Gasteiger partial charge in [0.2, 0.25) is 0 Å². The van der Waals surface area contributed by atoms with Crippen molar-refractivity contribution in [1.82, 2.24) is 0 Å². The minimum Gasteiger partial charge on any atom is -0.455 e. The lowest BCUT2D eigenvalue weighted by molar-refractivity contribution is 0.669. The molecule has 0 aliphatic heterocycles. The normalized spacial score (nSPS) is 13.2. The van der Waals surface area contributed by atoms with Crippen molar-refractivity contribution in [1.29, 1.82) is 0 Å². The molecule has 16 aromatic rings. The Labute approximate surface area is 434 Å². The minimum atomic E-state index is -0.167. The number of hydrogen-bond donors (Lipinski definition) is 0. The van der Waals surface area contributed by atoms with Crippen LogP contribution in [0.1, 0.15) is 8.22 Å². The van der Waals surface area contributed by atoms with Gasteiger partial charge in [-0.1, -0.05) is 230 Å². The van der Waals surface area contributed by atoms with Crippen LogP contribution in [-0.2, 0) is 0 Å². The summed E-state index contributed by atoms with van der Waals surface area (Å²) in [6, 6.07) is 72.1. The lowest BCUT2D eigenvalue weighted by Gasteiger charge is -2.22. The smallest absolute Gasteiger partial charge is 0.143 e. The number of furan rings is 2. The molecule has 0 radical (unpaired) electrons. The van der Waals surface area contributed by atoms with E-state index in [0.29, 0.717) is 99.2 Å². The van der Waals surface area contributed by atoms with Gasteiger partial charge in [0.1, 0.15) is 22.3 Å². The van der Waals surface area contributed by atoms with Crippen LogP contribution >= 0.6 is 0 Å². The Balaban J connectivity index is 1.07. The van der Waals surface area contributed by atoms with E-state index in [0.717, 1.165) is 65.3 Å². The molecule has 0 bridgehead atoms. The molecular weight excluding hydrogens is 897 g/mol. The summed E-state index contributed by atoms with van der Waals surface area (Å²) in [7, 11) is 0. The second kappa shape index (κ2) is 15.9. The maximum atomic E-state index is 10.6. The van der Waals surface area contributed by atoms with Gasteiger partial charge >= 0.3 is 0 Å². The van der Waals surface area contributed by atoms with E-state index >= 15 is 0 Å². The third-order valence-electron chi connectivity index (χ3n) is 15.3. The van der Waals surface area contributed by atoms with Crippen LogP contribution in [-0.4, -0.2) is 0 Å². The summed E-state index contributed by atoms with van der Waals surface area (Å²) in [4.78, 5) is 0. The van der Waals surface area contributed by atoms with E-state index in [1.54, 1.807) is 0 Å². The van der Waals surface area contributed by atoms with Crippen LogP contribution < -0.4 is 0 Å². The Kier molecular flexibility index (Phi) is 7.58. The number of rotatable bonds is 6. The molecule has 74 heavy (non-hydrogen) atoms. The maximum Gasteiger partial charge on any atom is 0.143 e.